The monoisotopic (exact) mass is 338 g/mol. The molecule has 0 aromatic rings. The first-order chi connectivity index (χ1) is 11.7. The van der Waals surface area contributed by atoms with E-state index in [1.54, 1.807) is 12.4 Å². The smallest absolute Gasteiger partial charge is 0.240 e. The van der Waals surface area contributed by atoms with E-state index in [9.17, 15) is 9.59 Å². The van der Waals surface area contributed by atoms with Gasteiger partial charge in [0.2, 0.25) is 11.8 Å². The van der Waals surface area contributed by atoms with Crippen molar-refractivity contribution in [1.29, 1.82) is 0 Å². The fourth-order valence-electron chi connectivity index (χ4n) is 2.03. The van der Waals surface area contributed by atoms with Crippen LogP contribution in [0.5, 0.6) is 0 Å². The molecule has 0 aromatic heterocycles. The van der Waals surface area contributed by atoms with Crippen molar-refractivity contribution in [2.75, 3.05) is 0 Å². The van der Waals surface area contributed by atoms with E-state index < -0.39 is 0 Å². The highest BCUT2D eigenvalue weighted by Crippen LogP contribution is 2.01. The van der Waals surface area contributed by atoms with Crippen molar-refractivity contribution in [2.24, 2.45) is 10.2 Å². The first-order valence-electron chi connectivity index (χ1n) is 9.31. The van der Waals surface area contributed by atoms with Crippen LogP contribution in [-0.2, 0) is 9.59 Å². The Labute approximate surface area is 146 Å². The van der Waals surface area contributed by atoms with Gasteiger partial charge in [0.15, 0.2) is 0 Å². The lowest BCUT2D eigenvalue weighted by molar-refractivity contribution is -0.126. The summed E-state index contributed by atoms with van der Waals surface area (Å²) in [5, 5.41) is 7.74. The molecule has 0 fully saturated rings. The van der Waals surface area contributed by atoms with Crippen LogP contribution in [0.1, 0.15) is 90.9 Å². The van der Waals surface area contributed by atoms with Gasteiger partial charge >= 0.3 is 0 Å². The summed E-state index contributed by atoms with van der Waals surface area (Å²) >= 11 is 0. The lowest BCUT2D eigenvalue weighted by Gasteiger charge is -2.00. The summed E-state index contributed by atoms with van der Waals surface area (Å²) in [5.74, 6) is -0.503. The first-order valence-corrected chi connectivity index (χ1v) is 9.31. The SMILES string of the molecule is CCCCCCC=NNC(=O)CCC(=O)NN=CCCCCCC. The van der Waals surface area contributed by atoms with E-state index in [1.165, 1.54) is 38.5 Å². The van der Waals surface area contributed by atoms with Gasteiger partial charge in [0.25, 0.3) is 0 Å². The predicted octanol–water partition coefficient (Wildman–Crippen LogP) is 3.91. The Morgan fingerprint density at radius 3 is 1.50 bits per heavy atom. The average Bonchev–Trinajstić information content (AvgIpc) is 2.58. The average molecular weight is 338 g/mol. The molecular formula is C18H34N4O2. The third-order valence-corrected chi connectivity index (χ3v) is 3.51. The molecule has 0 saturated heterocycles. The molecule has 0 unspecified atom stereocenters. The molecule has 0 heterocycles. The molecule has 0 spiro atoms. The highest BCUT2D eigenvalue weighted by atomic mass is 16.2. The second-order valence-corrected chi connectivity index (χ2v) is 5.89. The molecule has 0 radical (unpaired) electrons. The van der Waals surface area contributed by atoms with E-state index in [4.69, 9.17) is 0 Å². The summed E-state index contributed by atoms with van der Waals surface area (Å²) in [6.07, 6.45) is 14.8. The largest absolute Gasteiger partial charge is 0.273 e. The normalized spacial score (nSPS) is 11.2. The quantitative estimate of drug-likeness (QED) is 0.269. The van der Waals surface area contributed by atoms with Crippen molar-refractivity contribution >= 4 is 24.2 Å². The van der Waals surface area contributed by atoms with Crippen LogP contribution in [0.15, 0.2) is 10.2 Å². The molecule has 2 amide bonds. The van der Waals surface area contributed by atoms with Gasteiger partial charge < -0.3 is 0 Å². The van der Waals surface area contributed by atoms with Gasteiger partial charge in [-0.2, -0.15) is 10.2 Å². The standard InChI is InChI=1S/C18H34N4O2/c1-3-5-7-9-11-15-19-21-17(23)13-14-18(24)22-20-16-12-10-8-6-4-2/h15-16H,3-14H2,1-2H3,(H,21,23)(H,22,24). The Morgan fingerprint density at radius 1 is 0.708 bits per heavy atom. The third-order valence-electron chi connectivity index (χ3n) is 3.51. The number of hydrazone groups is 2. The molecule has 24 heavy (non-hydrogen) atoms. The number of unbranched alkanes of at least 4 members (excludes halogenated alkanes) is 8. The minimum Gasteiger partial charge on any atom is -0.273 e. The van der Waals surface area contributed by atoms with Crippen LogP contribution < -0.4 is 10.9 Å². The van der Waals surface area contributed by atoms with Gasteiger partial charge in [0.1, 0.15) is 0 Å². The van der Waals surface area contributed by atoms with Crippen molar-refractivity contribution in [3.63, 3.8) is 0 Å². The lowest BCUT2D eigenvalue weighted by Crippen LogP contribution is -2.22. The summed E-state index contributed by atoms with van der Waals surface area (Å²) in [6, 6.07) is 0. The van der Waals surface area contributed by atoms with E-state index in [-0.39, 0.29) is 24.7 Å². The predicted molar refractivity (Wildman–Crippen MR) is 100 cm³/mol. The number of rotatable bonds is 15. The number of hydrogen-bond acceptors (Lipinski definition) is 4. The number of nitrogens with zero attached hydrogens (tertiary/aromatic N) is 2. The topological polar surface area (TPSA) is 82.9 Å². The molecule has 0 aliphatic carbocycles. The van der Waals surface area contributed by atoms with Crippen molar-refractivity contribution in [1.82, 2.24) is 10.9 Å². The highest BCUT2D eigenvalue weighted by molar-refractivity contribution is 5.84. The Balaban J connectivity index is 3.55. The minimum absolute atomic E-state index is 0.116. The van der Waals surface area contributed by atoms with Crippen molar-refractivity contribution in [3.8, 4) is 0 Å². The van der Waals surface area contributed by atoms with E-state index in [1.807, 2.05) is 0 Å². The van der Waals surface area contributed by atoms with Gasteiger partial charge in [-0.3, -0.25) is 9.59 Å². The van der Waals surface area contributed by atoms with E-state index in [2.05, 4.69) is 34.9 Å². The summed E-state index contributed by atoms with van der Waals surface area (Å²) in [5.41, 5.74) is 4.87. The van der Waals surface area contributed by atoms with Gasteiger partial charge in [-0.15, -0.1) is 0 Å². The molecule has 0 aromatic carbocycles. The van der Waals surface area contributed by atoms with Crippen LogP contribution in [0, 0.1) is 0 Å². The number of hydrogen-bond donors (Lipinski definition) is 2. The lowest BCUT2D eigenvalue weighted by atomic mass is 10.2. The molecular weight excluding hydrogens is 304 g/mol. The molecule has 138 valence electrons. The first kappa shape index (κ1) is 22.3. The van der Waals surface area contributed by atoms with Crippen molar-refractivity contribution in [3.05, 3.63) is 0 Å². The second kappa shape index (κ2) is 17.6. The van der Waals surface area contributed by atoms with Crippen LogP contribution in [0.2, 0.25) is 0 Å². The fourth-order valence-corrected chi connectivity index (χ4v) is 2.03. The molecule has 6 heteroatoms. The minimum atomic E-state index is -0.251. The van der Waals surface area contributed by atoms with Crippen molar-refractivity contribution < 1.29 is 9.59 Å². The zero-order chi connectivity index (χ0) is 17.9. The summed E-state index contributed by atoms with van der Waals surface area (Å²) < 4.78 is 0. The van der Waals surface area contributed by atoms with Gasteiger partial charge in [0, 0.05) is 25.3 Å². The number of carbonyl (C=O) groups excluding carboxylic acids is 2. The van der Waals surface area contributed by atoms with Crippen LogP contribution in [0.3, 0.4) is 0 Å². The molecule has 0 aliphatic rings. The maximum Gasteiger partial charge on any atom is 0.240 e. The molecule has 6 nitrogen and oxygen atoms in total. The zero-order valence-corrected chi connectivity index (χ0v) is 15.4. The van der Waals surface area contributed by atoms with E-state index in [0.29, 0.717) is 0 Å². The summed E-state index contributed by atoms with van der Waals surface area (Å²) in [7, 11) is 0. The summed E-state index contributed by atoms with van der Waals surface area (Å²) in [6.45, 7) is 4.34. The van der Waals surface area contributed by atoms with E-state index in [0.717, 1.165) is 25.7 Å². The van der Waals surface area contributed by atoms with Gasteiger partial charge in [-0.25, -0.2) is 10.9 Å². The van der Waals surface area contributed by atoms with Crippen LogP contribution in [0.25, 0.3) is 0 Å². The maximum absolute atomic E-state index is 11.5. The van der Waals surface area contributed by atoms with Gasteiger partial charge in [0.05, 0.1) is 0 Å². The molecule has 0 atom stereocenters. The molecule has 0 saturated carbocycles. The van der Waals surface area contributed by atoms with E-state index >= 15 is 0 Å². The Bertz CT molecular complexity index is 345. The second-order valence-electron chi connectivity index (χ2n) is 5.89. The number of amides is 2. The fraction of sp³-hybridized carbons (Fsp3) is 0.778. The van der Waals surface area contributed by atoms with Crippen LogP contribution in [-0.4, -0.2) is 24.2 Å². The molecule has 0 bridgehead atoms. The number of nitrogens with one attached hydrogen (secondary N) is 2. The van der Waals surface area contributed by atoms with Gasteiger partial charge in [-0.1, -0.05) is 52.4 Å². The summed E-state index contributed by atoms with van der Waals surface area (Å²) in [4.78, 5) is 23.0. The number of carbonyl (C=O) groups is 2. The Kier molecular flexibility index (Phi) is 16.4. The maximum atomic E-state index is 11.5. The molecule has 0 aliphatic heterocycles. The van der Waals surface area contributed by atoms with Crippen LogP contribution in [0.4, 0.5) is 0 Å². The molecule has 2 N–H and O–H groups in total. The third kappa shape index (κ3) is 16.6. The zero-order valence-electron chi connectivity index (χ0n) is 15.4. The Morgan fingerprint density at radius 2 is 1.12 bits per heavy atom. The van der Waals surface area contributed by atoms with Crippen molar-refractivity contribution in [2.45, 2.75) is 90.9 Å². The highest BCUT2D eigenvalue weighted by Gasteiger charge is 2.04. The Hall–Kier alpha value is -1.72. The van der Waals surface area contributed by atoms with Gasteiger partial charge in [-0.05, 0) is 25.7 Å². The van der Waals surface area contributed by atoms with Crippen LogP contribution >= 0.6 is 0 Å². The molecule has 0 rings (SSSR count).